The number of nitrogens with zero attached hydrogens (tertiary/aromatic N) is 2. The number of carbonyl (C=O) groups excluding carboxylic acids is 3. The van der Waals surface area contributed by atoms with Crippen LogP contribution in [0.4, 0.5) is 4.79 Å². The van der Waals surface area contributed by atoms with Gasteiger partial charge in [-0.05, 0) is 30.8 Å². The van der Waals surface area contributed by atoms with Crippen molar-refractivity contribution in [2.45, 2.75) is 13.5 Å². The summed E-state index contributed by atoms with van der Waals surface area (Å²) in [6.07, 6.45) is 5.01. The standard InChI is InChI=1S/C19H18N2O4S/c1-3-9-21-18(23)16(26-19(21)24)10-13-11-20(12-17(22)25-4-2)15-8-6-5-7-14(13)15/h3,5-8,10-11H,1,4,9,12H2,2H3/b16-10-. The number of para-hydroxylation sites is 1. The molecule has 1 aliphatic rings. The lowest BCUT2D eigenvalue weighted by Gasteiger charge is -2.07. The Labute approximate surface area is 155 Å². The van der Waals surface area contributed by atoms with Crippen LogP contribution in [-0.2, 0) is 20.9 Å². The first-order valence-corrected chi connectivity index (χ1v) is 8.96. The van der Waals surface area contributed by atoms with Gasteiger partial charge in [-0.1, -0.05) is 24.3 Å². The number of imide groups is 1. The number of thioether (sulfide) groups is 1. The van der Waals surface area contributed by atoms with E-state index in [0.717, 1.165) is 33.1 Å². The van der Waals surface area contributed by atoms with Crippen molar-refractivity contribution in [3.8, 4) is 0 Å². The van der Waals surface area contributed by atoms with Crippen LogP contribution in [-0.4, -0.2) is 39.7 Å². The molecule has 0 saturated carbocycles. The van der Waals surface area contributed by atoms with Crippen LogP contribution < -0.4 is 0 Å². The molecule has 26 heavy (non-hydrogen) atoms. The van der Waals surface area contributed by atoms with E-state index in [4.69, 9.17) is 4.74 Å². The van der Waals surface area contributed by atoms with Gasteiger partial charge in [0, 0.05) is 29.2 Å². The highest BCUT2D eigenvalue weighted by atomic mass is 32.2. The molecular weight excluding hydrogens is 352 g/mol. The number of carbonyl (C=O) groups is 3. The zero-order valence-corrected chi connectivity index (χ0v) is 15.1. The molecule has 7 heteroatoms. The van der Waals surface area contributed by atoms with Gasteiger partial charge in [-0.3, -0.25) is 19.3 Å². The van der Waals surface area contributed by atoms with E-state index in [2.05, 4.69) is 6.58 Å². The molecule has 1 fully saturated rings. The number of rotatable bonds is 6. The number of fused-ring (bicyclic) bond motifs is 1. The highest BCUT2D eigenvalue weighted by Gasteiger charge is 2.34. The summed E-state index contributed by atoms with van der Waals surface area (Å²) in [6.45, 7) is 5.92. The third kappa shape index (κ3) is 3.43. The van der Waals surface area contributed by atoms with Gasteiger partial charge in [0.1, 0.15) is 6.54 Å². The number of esters is 1. The van der Waals surface area contributed by atoms with Crippen LogP contribution in [0.1, 0.15) is 12.5 Å². The molecule has 0 unspecified atom stereocenters. The molecule has 2 amide bonds. The average Bonchev–Trinajstić information content (AvgIpc) is 3.08. The van der Waals surface area contributed by atoms with Crippen LogP contribution in [0.15, 0.2) is 48.0 Å². The van der Waals surface area contributed by atoms with Gasteiger partial charge in [0.15, 0.2) is 0 Å². The third-order valence-electron chi connectivity index (χ3n) is 3.90. The first-order valence-electron chi connectivity index (χ1n) is 8.15. The summed E-state index contributed by atoms with van der Waals surface area (Å²) in [5.41, 5.74) is 1.63. The highest BCUT2D eigenvalue weighted by Crippen LogP contribution is 2.34. The average molecular weight is 370 g/mol. The Balaban J connectivity index is 1.98. The summed E-state index contributed by atoms with van der Waals surface area (Å²) in [5, 5.41) is 0.587. The molecule has 0 radical (unpaired) electrons. The van der Waals surface area contributed by atoms with Crippen LogP contribution in [0.25, 0.3) is 17.0 Å². The Morgan fingerprint density at radius 2 is 2.08 bits per heavy atom. The van der Waals surface area contributed by atoms with Gasteiger partial charge in [0.25, 0.3) is 11.1 Å². The zero-order valence-electron chi connectivity index (χ0n) is 14.3. The SMILES string of the molecule is C=CCN1C(=O)S/C(=C\c2cn(CC(=O)OCC)c3ccccc23)C1=O. The van der Waals surface area contributed by atoms with Gasteiger partial charge >= 0.3 is 5.97 Å². The van der Waals surface area contributed by atoms with Crippen LogP contribution in [0.2, 0.25) is 0 Å². The fourth-order valence-electron chi connectivity index (χ4n) is 2.79. The summed E-state index contributed by atoms with van der Waals surface area (Å²) in [5.74, 6) is -0.659. The number of ether oxygens (including phenoxy) is 1. The predicted molar refractivity (Wildman–Crippen MR) is 101 cm³/mol. The molecule has 0 bridgehead atoms. The largest absolute Gasteiger partial charge is 0.465 e. The molecule has 134 valence electrons. The monoisotopic (exact) mass is 370 g/mol. The molecule has 0 atom stereocenters. The molecule has 6 nitrogen and oxygen atoms in total. The molecular formula is C19H18N2O4S. The van der Waals surface area contributed by atoms with Crippen LogP contribution in [0.3, 0.4) is 0 Å². The minimum atomic E-state index is -0.331. The van der Waals surface area contributed by atoms with E-state index in [-0.39, 0.29) is 30.2 Å². The number of aromatic nitrogens is 1. The maximum atomic E-state index is 12.4. The minimum Gasteiger partial charge on any atom is -0.465 e. The smallest absolute Gasteiger partial charge is 0.325 e. The topological polar surface area (TPSA) is 68.6 Å². The lowest BCUT2D eigenvalue weighted by molar-refractivity contribution is -0.143. The Kier molecular flexibility index (Phi) is 5.27. The first kappa shape index (κ1) is 18.0. The van der Waals surface area contributed by atoms with Crippen LogP contribution in [0.5, 0.6) is 0 Å². The molecule has 0 spiro atoms. The fraction of sp³-hybridized carbons (Fsp3) is 0.211. The Morgan fingerprint density at radius 3 is 2.81 bits per heavy atom. The van der Waals surface area contributed by atoms with Crippen molar-refractivity contribution < 1.29 is 19.1 Å². The number of amides is 2. The quantitative estimate of drug-likeness (QED) is 0.443. The van der Waals surface area contributed by atoms with Crippen LogP contribution in [0, 0.1) is 0 Å². The van der Waals surface area contributed by atoms with Crippen molar-refractivity contribution >= 4 is 45.9 Å². The second kappa shape index (κ2) is 7.61. The minimum absolute atomic E-state index is 0.0835. The van der Waals surface area contributed by atoms with Gasteiger partial charge in [0.2, 0.25) is 0 Å². The summed E-state index contributed by atoms with van der Waals surface area (Å²) < 4.78 is 6.80. The normalized spacial score (nSPS) is 15.9. The molecule has 3 rings (SSSR count). The van der Waals surface area contributed by atoms with E-state index in [1.807, 2.05) is 24.3 Å². The molecule has 2 aromatic rings. The van der Waals surface area contributed by atoms with E-state index in [1.165, 1.54) is 6.08 Å². The van der Waals surface area contributed by atoms with Crippen molar-refractivity contribution in [1.82, 2.24) is 9.47 Å². The predicted octanol–water partition coefficient (Wildman–Crippen LogP) is 3.43. The molecule has 1 aromatic carbocycles. The molecule has 1 aliphatic heterocycles. The Morgan fingerprint density at radius 1 is 1.31 bits per heavy atom. The van der Waals surface area contributed by atoms with Crippen molar-refractivity contribution in [2.24, 2.45) is 0 Å². The molecule has 1 saturated heterocycles. The van der Waals surface area contributed by atoms with Gasteiger partial charge < -0.3 is 9.30 Å². The van der Waals surface area contributed by atoms with E-state index in [9.17, 15) is 14.4 Å². The van der Waals surface area contributed by atoms with Crippen molar-refractivity contribution in [3.05, 3.63) is 53.6 Å². The van der Waals surface area contributed by atoms with Gasteiger partial charge in [-0.25, -0.2) is 0 Å². The van der Waals surface area contributed by atoms with Crippen molar-refractivity contribution in [2.75, 3.05) is 13.2 Å². The maximum Gasteiger partial charge on any atom is 0.325 e. The fourth-order valence-corrected chi connectivity index (χ4v) is 3.63. The van der Waals surface area contributed by atoms with E-state index in [0.29, 0.717) is 11.5 Å². The number of hydrogen-bond donors (Lipinski definition) is 0. The van der Waals surface area contributed by atoms with E-state index in [1.54, 1.807) is 23.8 Å². The molecule has 2 heterocycles. The first-order chi connectivity index (χ1) is 12.5. The van der Waals surface area contributed by atoms with Gasteiger partial charge in [0.05, 0.1) is 11.5 Å². The number of hydrogen-bond acceptors (Lipinski definition) is 5. The third-order valence-corrected chi connectivity index (χ3v) is 4.80. The van der Waals surface area contributed by atoms with E-state index < -0.39 is 0 Å². The Hall–Kier alpha value is -2.80. The second-order valence-corrected chi connectivity index (χ2v) is 6.61. The summed E-state index contributed by atoms with van der Waals surface area (Å²) in [7, 11) is 0. The highest BCUT2D eigenvalue weighted by molar-refractivity contribution is 8.18. The molecule has 0 N–H and O–H groups in total. The van der Waals surface area contributed by atoms with Crippen molar-refractivity contribution in [1.29, 1.82) is 0 Å². The zero-order chi connectivity index (χ0) is 18.7. The second-order valence-electron chi connectivity index (χ2n) is 5.62. The summed E-state index contributed by atoms with van der Waals surface area (Å²) in [4.78, 5) is 37.7. The lowest BCUT2D eigenvalue weighted by atomic mass is 10.1. The summed E-state index contributed by atoms with van der Waals surface area (Å²) >= 11 is 0.906. The summed E-state index contributed by atoms with van der Waals surface area (Å²) in [6, 6.07) is 7.58. The maximum absolute atomic E-state index is 12.4. The lowest BCUT2D eigenvalue weighted by Crippen LogP contribution is -2.27. The van der Waals surface area contributed by atoms with Crippen molar-refractivity contribution in [3.63, 3.8) is 0 Å². The van der Waals surface area contributed by atoms with Gasteiger partial charge in [-0.2, -0.15) is 0 Å². The van der Waals surface area contributed by atoms with Crippen LogP contribution >= 0.6 is 11.8 Å². The Bertz CT molecular complexity index is 929. The molecule has 1 aromatic heterocycles. The van der Waals surface area contributed by atoms with Gasteiger partial charge in [-0.15, -0.1) is 6.58 Å². The van der Waals surface area contributed by atoms with E-state index >= 15 is 0 Å². The molecule has 0 aliphatic carbocycles. The number of benzene rings is 1.